The molecule has 0 aliphatic carbocycles. The number of sulfone groups is 1. The molecule has 0 radical (unpaired) electrons. The first-order chi connectivity index (χ1) is 7.17. The van der Waals surface area contributed by atoms with Gasteiger partial charge in [0, 0.05) is 0 Å². The van der Waals surface area contributed by atoms with Crippen LogP contribution in [0, 0.1) is 0 Å². The van der Waals surface area contributed by atoms with Gasteiger partial charge in [0.05, 0.1) is 10.6 Å². The molecular formula is C12H14O2S. The molecule has 1 aromatic carbocycles. The van der Waals surface area contributed by atoms with Crippen molar-refractivity contribution < 1.29 is 8.42 Å². The molecule has 0 aliphatic rings. The van der Waals surface area contributed by atoms with Crippen LogP contribution in [0.3, 0.4) is 0 Å². The van der Waals surface area contributed by atoms with Gasteiger partial charge in [-0.05, 0) is 18.6 Å². The fourth-order valence-corrected chi connectivity index (χ4v) is 2.42. The third-order valence-corrected chi connectivity index (χ3v) is 3.69. The molecular weight excluding hydrogens is 208 g/mol. The van der Waals surface area contributed by atoms with Crippen molar-refractivity contribution in [1.82, 2.24) is 0 Å². The minimum absolute atomic E-state index is 0.140. The van der Waals surface area contributed by atoms with E-state index in [4.69, 9.17) is 0 Å². The van der Waals surface area contributed by atoms with Crippen LogP contribution < -0.4 is 0 Å². The van der Waals surface area contributed by atoms with Crippen LogP contribution >= 0.6 is 0 Å². The second-order valence-corrected chi connectivity index (χ2v) is 5.19. The van der Waals surface area contributed by atoms with E-state index in [9.17, 15) is 8.42 Å². The average molecular weight is 222 g/mol. The Balaban J connectivity index is 2.69. The molecule has 2 nitrogen and oxygen atoms in total. The zero-order chi connectivity index (χ0) is 11.1. The highest BCUT2D eigenvalue weighted by molar-refractivity contribution is 7.91. The summed E-state index contributed by atoms with van der Waals surface area (Å²) in [4.78, 5) is 0.386. The van der Waals surface area contributed by atoms with Gasteiger partial charge in [0.15, 0.2) is 9.84 Å². The van der Waals surface area contributed by atoms with Crippen molar-refractivity contribution >= 4 is 9.84 Å². The molecule has 0 aliphatic heterocycles. The Bertz CT molecular complexity index is 430. The summed E-state index contributed by atoms with van der Waals surface area (Å²) in [5.74, 6) is 0.140. The van der Waals surface area contributed by atoms with Crippen molar-refractivity contribution in [2.75, 3.05) is 5.75 Å². The molecule has 1 rings (SSSR count). The summed E-state index contributed by atoms with van der Waals surface area (Å²) in [6, 6.07) is 8.49. The van der Waals surface area contributed by atoms with Crippen LogP contribution in [0.2, 0.25) is 0 Å². The van der Waals surface area contributed by atoms with Gasteiger partial charge in [0.2, 0.25) is 0 Å². The summed E-state index contributed by atoms with van der Waals surface area (Å²) in [5.41, 5.74) is 0. The Morgan fingerprint density at radius 1 is 1.20 bits per heavy atom. The second-order valence-electron chi connectivity index (χ2n) is 3.08. The first-order valence-corrected chi connectivity index (χ1v) is 6.37. The molecule has 0 spiro atoms. The van der Waals surface area contributed by atoms with Crippen molar-refractivity contribution in [3.8, 4) is 0 Å². The zero-order valence-corrected chi connectivity index (χ0v) is 9.28. The lowest BCUT2D eigenvalue weighted by molar-refractivity contribution is 0.596. The maximum atomic E-state index is 11.7. The van der Waals surface area contributed by atoms with Crippen molar-refractivity contribution in [1.29, 1.82) is 0 Å². The molecule has 3 heteroatoms. The maximum absolute atomic E-state index is 11.7. The van der Waals surface area contributed by atoms with Crippen molar-refractivity contribution in [2.45, 2.75) is 11.3 Å². The third kappa shape index (κ3) is 3.72. The quantitative estimate of drug-likeness (QED) is 0.718. The Labute approximate surface area is 90.9 Å². The van der Waals surface area contributed by atoms with Gasteiger partial charge in [-0.15, -0.1) is 0 Å². The van der Waals surface area contributed by atoms with Crippen LogP contribution in [0.4, 0.5) is 0 Å². The Kier molecular flexibility index (Phi) is 4.31. The fourth-order valence-electron chi connectivity index (χ4n) is 1.16. The van der Waals surface area contributed by atoms with E-state index >= 15 is 0 Å². The molecule has 0 N–H and O–H groups in total. The van der Waals surface area contributed by atoms with Gasteiger partial charge in [-0.25, -0.2) is 8.42 Å². The van der Waals surface area contributed by atoms with Crippen LogP contribution in [0.15, 0.2) is 60.0 Å². The van der Waals surface area contributed by atoms with E-state index in [1.165, 1.54) is 0 Å². The van der Waals surface area contributed by atoms with E-state index in [0.717, 1.165) is 0 Å². The number of allylic oxidation sites excluding steroid dienone is 3. The third-order valence-electron chi connectivity index (χ3n) is 1.93. The fraction of sp³-hybridized carbons (Fsp3) is 0.167. The Morgan fingerprint density at radius 2 is 1.87 bits per heavy atom. The molecule has 0 amide bonds. The molecule has 0 atom stereocenters. The highest BCUT2D eigenvalue weighted by Crippen LogP contribution is 2.11. The van der Waals surface area contributed by atoms with Gasteiger partial charge in [-0.1, -0.05) is 43.0 Å². The molecule has 0 fully saturated rings. The number of hydrogen-bond donors (Lipinski definition) is 0. The van der Waals surface area contributed by atoms with Gasteiger partial charge >= 0.3 is 0 Å². The van der Waals surface area contributed by atoms with Crippen molar-refractivity contribution in [2.24, 2.45) is 0 Å². The van der Waals surface area contributed by atoms with E-state index in [2.05, 4.69) is 6.58 Å². The minimum atomic E-state index is -3.13. The molecule has 0 bridgehead atoms. The lowest BCUT2D eigenvalue weighted by Crippen LogP contribution is -2.05. The lowest BCUT2D eigenvalue weighted by atomic mass is 10.4. The SMILES string of the molecule is C=C/C=C/CCS(=O)(=O)c1ccccc1. The van der Waals surface area contributed by atoms with Crippen LogP contribution in [0.25, 0.3) is 0 Å². The number of benzene rings is 1. The monoisotopic (exact) mass is 222 g/mol. The van der Waals surface area contributed by atoms with Crippen LogP contribution in [0.1, 0.15) is 6.42 Å². The number of rotatable bonds is 5. The molecule has 0 saturated heterocycles. The standard InChI is InChI=1S/C12H14O2S/c1-2-3-4-8-11-15(13,14)12-9-6-5-7-10-12/h2-7,9-10H,1,8,11H2/b4-3+. The molecule has 0 unspecified atom stereocenters. The average Bonchev–Trinajstić information content (AvgIpc) is 2.26. The van der Waals surface area contributed by atoms with Gasteiger partial charge in [0.25, 0.3) is 0 Å². The lowest BCUT2D eigenvalue weighted by Gasteiger charge is -2.01. The van der Waals surface area contributed by atoms with Gasteiger partial charge in [-0.3, -0.25) is 0 Å². The van der Waals surface area contributed by atoms with E-state index < -0.39 is 9.84 Å². The summed E-state index contributed by atoms with van der Waals surface area (Å²) >= 11 is 0. The molecule has 15 heavy (non-hydrogen) atoms. The predicted octanol–water partition coefficient (Wildman–Crippen LogP) is 2.59. The summed E-state index contributed by atoms with van der Waals surface area (Å²) in [5, 5.41) is 0. The first kappa shape index (κ1) is 11.7. The summed E-state index contributed by atoms with van der Waals surface area (Å²) in [6.45, 7) is 3.52. The zero-order valence-electron chi connectivity index (χ0n) is 8.46. The van der Waals surface area contributed by atoms with E-state index in [0.29, 0.717) is 11.3 Å². The van der Waals surface area contributed by atoms with Crippen LogP contribution in [0.5, 0.6) is 0 Å². The summed E-state index contributed by atoms with van der Waals surface area (Å²) in [7, 11) is -3.13. The predicted molar refractivity (Wildman–Crippen MR) is 62.4 cm³/mol. The molecule has 0 heterocycles. The summed E-state index contributed by atoms with van der Waals surface area (Å²) in [6.07, 6.45) is 5.70. The molecule has 0 aromatic heterocycles. The number of hydrogen-bond acceptors (Lipinski definition) is 2. The van der Waals surface area contributed by atoms with Gasteiger partial charge in [-0.2, -0.15) is 0 Å². The maximum Gasteiger partial charge on any atom is 0.178 e. The van der Waals surface area contributed by atoms with Gasteiger partial charge in [0.1, 0.15) is 0 Å². The second kappa shape index (κ2) is 5.51. The van der Waals surface area contributed by atoms with Crippen molar-refractivity contribution in [3.63, 3.8) is 0 Å². The van der Waals surface area contributed by atoms with Crippen LogP contribution in [-0.2, 0) is 9.84 Å². The van der Waals surface area contributed by atoms with Crippen molar-refractivity contribution in [3.05, 3.63) is 55.1 Å². The summed E-state index contributed by atoms with van der Waals surface area (Å²) < 4.78 is 23.5. The van der Waals surface area contributed by atoms with E-state index in [-0.39, 0.29) is 5.75 Å². The van der Waals surface area contributed by atoms with E-state index in [1.54, 1.807) is 48.6 Å². The highest BCUT2D eigenvalue weighted by atomic mass is 32.2. The minimum Gasteiger partial charge on any atom is -0.224 e. The molecule has 0 saturated carbocycles. The van der Waals surface area contributed by atoms with Gasteiger partial charge < -0.3 is 0 Å². The van der Waals surface area contributed by atoms with Crippen LogP contribution in [-0.4, -0.2) is 14.2 Å². The highest BCUT2D eigenvalue weighted by Gasteiger charge is 2.11. The first-order valence-electron chi connectivity index (χ1n) is 4.72. The molecule has 1 aromatic rings. The van der Waals surface area contributed by atoms with E-state index in [1.807, 2.05) is 0 Å². The smallest absolute Gasteiger partial charge is 0.178 e. The Hall–Kier alpha value is -1.35. The normalized spacial score (nSPS) is 11.7. The topological polar surface area (TPSA) is 34.1 Å². The Morgan fingerprint density at radius 3 is 2.47 bits per heavy atom. The molecule has 80 valence electrons. The largest absolute Gasteiger partial charge is 0.224 e.